The van der Waals surface area contributed by atoms with Gasteiger partial charge in [0.05, 0.1) is 13.2 Å². The maximum absolute atomic E-state index is 5.86. The molecule has 1 rings (SSSR count). The van der Waals surface area contributed by atoms with E-state index in [1.54, 1.807) is 7.11 Å². The summed E-state index contributed by atoms with van der Waals surface area (Å²) in [4.78, 5) is 0. The van der Waals surface area contributed by atoms with Crippen LogP contribution in [0.1, 0.15) is 33.1 Å². The maximum Gasteiger partial charge on any atom is 0.500 e. The third-order valence-electron chi connectivity index (χ3n) is 2.93. The third kappa shape index (κ3) is 7.39. The maximum atomic E-state index is 5.86. The molecule has 1 fully saturated rings. The summed E-state index contributed by atoms with van der Waals surface area (Å²) in [5, 5.41) is 0. The van der Waals surface area contributed by atoms with Crippen LogP contribution in [0, 0.1) is 0 Å². The highest BCUT2D eigenvalue weighted by molar-refractivity contribution is 6.60. The molecular weight excluding hydrogens is 264 g/mol. The predicted molar refractivity (Wildman–Crippen MR) is 75.2 cm³/mol. The van der Waals surface area contributed by atoms with Crippen LogP contribution < -0.4 is 0 Å². The first-order valence-corrected chi connectivity index (χ1v) is 9.22. The summed E-state index contributed by atoms with van der Waals surface area (Å²) in [5.74, 6) is 0. The molecule has 0 aliphatic carbocycles. The van der Waals surface area contributed by atoms with Crippen LogP contribution >= 0.6 is 0 Å². The van der Waals surface area contributed by atoms with Crippen LogP contribution in [-0.4, -0.2) is 55.1 Å². The molecule has 6 heteroatoms. The van der Waals surface area contributed by atoms with E-state index in [1.165, 1.54) is 0 Å². The second-order valence-corrected chi connectivity index (χ2v) is 7.51. The van der Waals surface area contributed by atoms with Crippen molar-refractivity contribution in [2.24, 2.45) is 0 Å². The SMILES string of the molecule is CCCO[Si](CCCCOCC1CO1)(OC)OCC. The smallest absolute Gasteiger partial charge is 0.379 e. The van der Waals surface area contributed by atoms with E-state index in [2.05, 4.69) is 6.92 Å². The van der Waals surface area contributed by atoms with Gasteiger partial charge in [-0.15, -0.1) is 0 Å². The van der Waals surface area contributed by atoms with Gasteiger partial charge in [0.1, 0.15) is 6.10 Å². The Morgan fingerprint density at radius 1 is 1.16 bits per heavy atom. The van der Waals surface area contributed by atoms with E-state index >= 15 is 0 Å². The summed E-state index contributed by atoms with van der Waals surface area (Å²) in [6.45, 7) is 7.77. The molecule has 0 radical (unpaired) electrons. The minimum absolute atomic E-state index is 0.351. The number of ether oxygens (including phenoxy) is 2. The Labute approximate surface area is 117 Å². The van der Waals surface area contributed by atoms with Gasteiger partial charge in [-0.25, -0.2) is 0 Å². The number of epoxide rings is 1. The van der Waals surface area contributed by atoms with E-state index in [4.69, 9.17) is 22.8 Å². The van der Waals surface area contributed by atoms with Crippen LogP contribution in [0.3, 0.4) is 0 Å². The molecule has 0 aromatic heterocycles. The van der Waals surface area contributed by atoms with Crippen LogP contribution in [0.15, 0.2) is 0 Å². The Hall–Kier alpha value is 0.0169. The predicted octanol–water partition coefficient (Wildman–Crippen LogP) is 2.23. The molecule has 1 aliphatic heterocycles. The normalized spacial score (nSPS) is 21.3. The van der Waals surface area contributed by atoms with Gasteiger partial charge < -0.3 is 22.8 Å². The Bertz CT molecular complexity index is 225. The fourth-order valence-corrected chi connectivity index (χ4v) is 4.26. The number of hydrogen-bond donors (Lipinski definition) is 0. The van der Waals surface area contributed by atoms with E-state index in [-0.39, 0.29) is 0 Å². The summed E-state index contributed by atoms with van der Waals surface area (Å²) in [7, 11) is -0.747. The zero-order chi connectivity index (χ0) is 14.0. The Balaban J connectivity index is 2.13. The molecule has 2 atom stereocenters. The largest absolute Gasteiger partial charge is 0.500 e. The number of unbranched alkanes of at least 4 members (excludes halogenated alkanes) is 1. The molecule has 0 bridgehead atoms. The summed E-state index contributed by atoms with van der Waals surface area (Å²) in [5.41, 5.74) is 0. The third-order valence-corrected chi connectivity index (χ3v) is 5.89. The standard InChI is InChI=1S/C13H28O5Si/c1-4-8-18-19(14-3,17-5-2)10-7-6-9-15-11-13-12-16-13/h13H,4-12H2,1-3H3. The van der Waals surface area contributed by atoms with E-state index in [0.717, 1.165) is 45.1 Å². The topological polar surface area (TPSA) is 49.5 Å². The molecule has 0 aromatic carbocycles. The second-order valence-electron chi connectivity index (χ2n) is 4.66. The molecule has 0 N–H and O–H groups in total. The van der Waals surface area contributed by atoms with Crippen LogP contribution in [0.4, 0.5) is 0 Å². The van der Waals surface area contributed by atoms with Crippen LogP contribution in [0.5, 0.6) is 0 Å². The van der Waals surface area contributed by atoms with Crippen LogP contribution in [-0.2, 0) is 22.8 Å². The lowest BCUT2D eigenvalue weighted by Gasteiger charge is -2.27. The zero-order valence-corrected chi connectivity index (χ0v) is 13.5. The lowest BCUT2D eigenvalue weighted by atomic mass is 10.3. The van der Waals surface area contributed by atoms with Crippen molar-refractivity contribution >= 4 is 8.80 Å². The second kappa shape index (κ2) is 9.85. The summed E-state index contributed by atoms with van der Waals surface area (Å²) < 4.78 is 27.8. The van der Waals surface area contributed by atoms with Gasteiger partial charge in [-0.3, -0.25) is 0 Å². The van der Waals surface area contributed by atoms with Crippen molar-refractivity contribution in [1.82, 2.24) is 0 Å². The molecule has 114 valence electrons. The average molecular weight is 292 g/mol. The lowest BCUT2D eigenvalue weighted by Crippen LogP contribution is -2.45. The molecule has 1 saturated heterocycles. The minimum atomic E-state index is -2.44. The lowest BCUT2D eigenvalue weighted by molar-refractivity contribution is 0.0788. The Kier molecular flexibility index (Phi) is 8.85. The van der Waals surface area contributed by atoms with Gasteiger partial charge in [-0.1, -0.05) is 6.92 Å². The quantitative estimate of drug-likeness (QED) is 0.296. The Morgan fingerprint density at radius 3 is 2.53 bits per heavy atom. The molecule has 5 nitrogen and oxygen atoms in total. The first kappa shape index (κ1) is 17.1. The first-order valence-electron chi connectivity index (χ1n) is 7.28. The molecule has 1 aliphatic rings. The highest BCUT2D eigenvalue weighted by atomic mass is 28.4. The van der Waals surface area contributed by atoms with Gasteiger partial charge in [0.25, 0.3) is 0 Å². The zero-order valence-electron chi connectivity index (χ0n) is 12.5. The molecule has 0 spiro atoms. The fraction of sp³-hybridized carbons (Fsp3) is 1.00. The highest BCUT2D eigenvalue weighted by Gasteiger charge is 2.38. The molecule has 0 aromatic rings. The molecule has 0 saturated carbocycles. The highest BCUT2D eigenvalue weighted by Crippen LogP contribution is 2.19. The first-order chi connectivity index (χ1) is 9.26. The van der Waals surface area contributed by atoms with Crippen molar-refractivity contribution in [2.75, 3.05) is 40.1 Å². The summed E-state index contributed by atoms with van der Waals surface area (Å²) in [6, 6.07) is 0.862. The molecule has 1 heterocycles. The van der Waals surface area contributed by atoms with Crippen molar-refractivity contribution in [2.45, 2.75) is 45.3 Å². The van der Waals surface area contributed by atoms with Gasteiger partial charge in [-0.05, 0) is 26.2 Å². The Morgan fingerprint density at radius 2 is 1.95 bits per heavy atom. The minimum Gasteiger partial charge on any atom is -0.379 e. The van der Waals surface area contributed by atoms with Crippen LogP contribution in [0.25, 0.3) is 0 Å². The van der Waals surface area contributed by atoms with E-state index < -0.39 is 8.80 Å². The number of hydrogen-bond acceptors (Lipinski definition) is 5. The van der Waals surface area contributed by atoms with Gasteiger partial charge >= 0.3 is 8.80 Å². The van der Waals surface area contributed by atoms with Crippen molar-refractivity contribution in [3.63, 3.8) is 0 Å². The van der Waals surface area contributed by atoms with Gasteiger partial charge in [0.15, 0.2) is 0 Å². The van der Waals surface area contributed by atoms with Gasteiger partial charge in [0, 0.05) is 33.0 Å². The van der Waals surface area contributed by atoms with Gasteiger partial charge in [-0.2, -0.15) is 0 Å². The molecule has 19 heavy (non-hydrogen) atoms. The molecular formula is C13H28O5Si. The van der Waals surface area contributed by atoms with Crippen molar-refractivity contribution in [1.29, 1.82) is 0 Å². The summed E-state index contributed by atoms with van der Waals surface area (Å²) >= 11 is 0. The summed E-state index contributed by atoms with van der Waals surface area (Å²) in [6.07, 6.45) is 3.35. The van der Waals surface area contributed by atoms with E-state index in [0.29, 0.717) is 19.3 Å². The van der Waals surface area contributed by atoms with Crippen molar-refractivity contribution < 1.29 is 22.8 Å². The average Bonchev–Trinajstić information content (AvgIpc) is 3.24. The molecule has 2 unspecified atom stereocenters. The monoisotopic (exact) mass is 292 g/mol. The van der Waals surface area contributed by atoms with E-state index in [9.17, 15) is 0 Å². The van der Waals surface area contributed by atoms with Gasteiger partial charge in [0.2, 0.25) is 0 Å². The van der Waals surface area contributed by atoms with E-state index in [1.807, 2.05) is 6.92 Å². The molecule has 0 amide bonds. The van der Waals surface area contributed by atoms with Crippen LogP contribution in [0.2, 0.25) is 6.04 Å². The van der Waals surface area contributed by atoms with Crippen molar-refractivity contribution in [3.05, 3.63) is 0 Å². The fourth-order valence-electron chi connectivity index (χ4n) is 1.81. The van der Waals surface area contributed by atoms with Crippen molar-refractivity contribution in [3.8, 4) is 0 Å². The number of rotatable bonds is 13.